The van der Waals surface area contributed by atoms with Crippen molar-refractivity contribution in [1.82, 2.24) is 15.5 Å². The molecule has 0 radical (unpaired) electrons. The fourth-order valence-electron chi connectivity index (χ4n) is 1.91. The summed E-state index contributed by atoms with van der Waals surface area (Å²) in [4.78, 5) is 17.8. The number of amides is 1. The largest absolute Gasteiger partial charge is 0.353 e. The lowest BCUT2D eigenvalue weighted by Crippen LogP contribution is -2.43. The third-order valence-corrected chi connectivity index (χ3v) is 3.37. The quantitative estimate of drug-likeness (QED) is 0.307. The van der Waals surface area contributed by atoms with Crippen LogP contribution in [0, 0.1) is 13.8 Å². The van der Waals surface area contributed by atoms with Gasteiger partial charge in [-0.3, -0.25) is 4.79 Å². The maximum Gasteiger partial charge on any atom is 0.241 e. The van der Waals surface area contributed by atoms with E-state index in [1.54, 1.807) is 19.0 Å². The first kappa shape index (κ1) is 22.4. The zero-order valence-electron chi connectivity index (χ0n) is 15.3. The van der Waals surface area contributed by atoms with Gasteiger partial charge >= 0.3 is 0 Å². The molecule has 0 aliphatic rings. The van der Waals surface area contributed by atoms with E-state index in [2.05, 4.69) is 54.3 Å². The number of hydrogen-bond donors (Lipinski definition) is 2. The van der Waals surface area contributed by atoms with Gasteiger partial charge in [-0.2, -0.15) is 0 Å². The molecule has 0 fully saturated rings. The molecule has 0 aliphatic heterocycles. The van der Waals surface area contributed by atoms with Crippen molar-refractivity contribution in [3.05, 3.63) is 47.0 Å². The van der Waals surface area contributed by atoms with Gasteiger partial charge in [0.2, 0.25) is 5.91 Å². The molecule has 0 saturated carbocycles. The molecule has 1 amide bonds. The van der Waals surface area contributed by atoms with Crippen molar-refractivity contribution in [1.29, 1.82) is 0 Å². The lowest BCUT2D eigenvalue weighted by molar-refractivity contribution is -0.127. The summed E-state index contributed by atoms with van der Waals surface area (Å²) in [6, 6.07) is 6.33. The number of carbonyl (C=O) groups excluding carboxylic acids is 1. The first-order valence-corrected chi connectivity index (χ1v) is 7.72. The van der Waals surface area contributed by atoms with Gasteiger partial charge in [0, 0.05) is 20.6 Å². The van der Waals surface area contributed by atoms with Crippen LogP contribution in [0.4, 0.5) is 0 Å². The Morgan fingerprint density at radius 3 is 2.38 bits per heavy atom. The maximum absolute atomic E-state index is 11.7. The summed E-state index contributed by atoms with van der Waals surface area (Å²) in [5.41, 5.74) is 4.64. The Labute approximate surface area is 162 Å². The number of nitrogens with zero attached hydrogens (tertiary/aromatic N) is 2. The second-order valence-electron chi connectivity index (χ2n) is 6.05. The van der Waals surface area contributed by atoms with Crippen molar-refractivity contribution >= 4 is 35.8 Å². The molecule has 6 heteroatoms. The molecule has 0 atom stereocenters. The Balaban J connectivity index is 0.00000529. The number of halogens is 1. The molecule has 0 saturated heterocycles. The monoisotopic (exact) mass is 444 g/mol. The molecule has 134 valence electrons. The molecule has 0 aromatic heterocycles. The predicted molar refractivity (Wildman–Crippen MR) is 112 cm³/mol. The zero-order valence-corrected chi connectivity index (χ0v) is 17.6. The van der Waals surface area contributed by atoms with Gasteiger partial charge in [0.15, 0.2) is 5.96 Å². The summed E-state index contributed by atoms with van der Waals surface area (Å²) in [6.45, 7) is 11.4. The number of benzene rings is 1. The van der Waals surface area contributed by atoms with Gasteiger partial charge in [-0.1, -0.05) is 35.9 Å². The van der Waals surface area contributed by atoms with Crippen molar-refractivity contribution in [3.63, 3.8) is 0 Å². The number of carbonyl (C=O) groups is 1. The fourth-order valence-corrected chi connectivity index (χ4v) is 1.91. The fraction of sp³-hybridized carbons (Fsp3) is 0.444. The normalized spacial score (nSPS) is 10.6. The van der Waals surface area contributed by atoms with E-state index in [0.717, 1.165) is 5.57 Å². The van der Waals surface area contributed by atoms with E-state index in [9.17, 15) is 4.79 Å². The van der Waals surface area contributed by atoms with Crippen LogP contribution in [-0.4, -0.2) is 44.0 Å². The van der Waals surface area contributed by atoms with E-state index in [4.69, 9.17) is 0 Å². The number of aliphatic imine (C=N–C) groups is 1. The molecule has 24 heavy (non-hydrogen) atoms. The Bertz CT molecular complexity index is 597. The van der Waals surface area contributed by atoms with Gasteiger partial charge < -0.3 is 15.5 Å². The Kier molecular flexibility index (Phi) is 10.3. The van der Waals surface area contributed by atoms with Gasteiger partial charge in [-0.05, 0) is 31.9 Å². The summed E-state index contributed by atoms with van der Waals surface area (Å²) in [5, 5.41) is 6.25. The molecule has 0 bridgehead atoms. The highest BCUT2D eigenvalue weighted by atomic mass is 127. The van der Waals surface area contributed by atoms with E-state index < -0.39 is 0 Å². The van der Waals surface area contributed by atoms with E-state index in [1.807, 2.05) is 6.92 Å². The minimum Gasteiger partial charge on any atom is -0.353 e. The highest BCUT2D eigenvalue weighted by Gasteiger charge is 2.06. The number of likely N-dealkylation sites (N-methyl/N-ethyl adjacent to an activating group) is 1. The van der Waals surface area contributed by atoms with Crippen LogP contribution in [0.15, 0.2) is 35.3 Å². The summed E-state index contributed by atoms with van der Waals surface area (Å²) in [5.74, 6) is 0.615. The number of aryl methyl sites for hydroxylation is 2. The van der Waals surface area contributed by atoms with E-state index in [0.29, 0.717) is 19.0 Å². The molecule has 1 aromatic carbocycles. The lowest BCUT2D eigenvalue weighted by Gasteiger charge is -2.15. The molecule has 5 nitrogen and oxygen atoms in total. The molecule has 0 heterocycles. The smallest absolute Gasteiger partial charge is 0.241 e. The maximum atomic E-state index is 11.7. The van der Waals surface area contributed by atoms with Gasteiger partial charge in [0.1, 0.15) is 0 Å². The number of hydrogen-bond acceptors (Lipinski definition) is 2. The van der Waals surface area contributed by atoms with E-state index in [1.165, 1.54) is 16.7 Å². The van der Waals surface area contributed by atoms with Gasteiger partial charge in [-0.25, -0.2) is 4.99 Å². The molecule has 0 unspecified atom stereocenters. The van der Waals surface area contributed by atoms with Crippen molar-refractivity contribution in [3.8, 4) is 0 Å². The second-order valence-corrected chi connectivity index (χ2v) is 6.05. The molecule has 1 rings (SSSR count). The van der Waals surface area contributed by atoms with Crippen LogP contribution in [0.5, 0.6) is 0 Å². The van der Waals surface area contributed by atoms with Crippen molar-refractivity contribution in [2.75, 3.05) is 27.2 Å². The highest BCUT2D eigenvalue weighted by Crippen LogP contribution is 2.11. The summed E-state index contributed by atoms with van der Waals surface area (Å²) in [7, 11) is 3.47. The Morgan fingerprint density at radius 2 is 1.83 bits per heavy atom. The average molecular weight is 444 g/mol. The number of rotatable bonds is 6. The van der Waals surface area contributed by atoms with Crippen LogP contribution < -0.4 is 10.6 Å². The molecule has 0 aliphatic carbocycles. The average Bonchev–Trinajstić information content (AvgIpc) is 2.47. The molecular formula is C18H29IN4O. The van der Waals surface area contributed by atoms with Gasteiger partial charge in [-0.15, -0.1) is 24.0 Å². The third kappa shape index (κ3) is 8.33. The van der Waals surface area contributed by atoms with Gasteiger partial charge in [0.05, 0.1) is 13.1 Å². The Hall–Kier alpha value is -1.57. The molecule has 2 N–H and O–H groups in total. The van der Waals surface area contributed by atoms with Crippen molar-refractivity contribution < 1.29 is 4.79 Å². The Morgan fingerprint density at radius 1 is 1.21 bits per heavy atom. The van der Waals surface area contributed by atoms with Crippen LogP contribution in [0.1, 0.15) is 23.6 Å². The minimum atomic E-state index is 0. The highest BCUT2D eigenvalue weighted by molar-refractivity contribution is 14.0. The van der Waals surface area contributed by atoms with Crippen molar-refractivity contribution in [2.45, 2.75) is 27.3 Å². The van der Waals surface area contributed by atoms with Crippen LogP contribution >= 0.6 is 24.0 Å². The number of nitrogens with one attached hydrogen (secondary N) is 2. The SMILES string of the molecule is C=C(C)CNC(=NCc1ccc(C)cc1C)NCC(=O)N(C)C.I. The zero-order chi connectivity index (χ0) is 17.4. The van der Waals surface area contributed by atoms with Crippen LogP contribution in [0.3, 0.4) is 0 Å². The number of guanidine groups is 1. The first-order valence-electron chi connectivity index (χ1n) is 7.72. The van der Waals surface area contributed by atoms with Crippen molar-refractivity contribution in [2.24, 2.45) is 4.99 Å². The third-order valence-electron chi connectivity index (χ3n) is 3.37. The van der Waals surface area contributed by atoms with Gasteiger partial charge in [0.25, 0.3) is 0 Å². The molecule has 1 aromatic rings. The minimum absolute atomic E-state index is 0. The summed E-state index contributed by atoms with van der Waals surface area (Å²) < 4.78 is 0. The topological polar surface area (TPSA) is 56.7 Å². The van der Waals surface area contributed by atoms with Crippen LogP contribution in [0.2, 0.25) is 0 Å². The first-order chi connectivity index (χ1) is 10.8. The molecule has 0 spiro atoms. The summed E-state index contributed by atoms with van der Waals surface area (Å²) >= 11 is 0. The summed E-state index contributed by atoms with van der Waals surface area (Å²) in [6.07, 6.45) is 0. The van der Waals surface area contributed by atoms with E-state index in [-0.39, 0.29) is 36.4 Å². The van der Waals surface area contributed by atoms with E-state index >= 15 is 0 Å². The predicted octanol–water partition coefficient (Wildman–Crippen LogP) is 2.62. The second kappa shape index (κ2) is 11.1. The lowest BCUT2D eigenvalue weighted by atomic mass is 10.1. The van der Waals surface area contributed by atoms with Crippen LogP contribution in [-0.2, 0) is 11.3 Å². The van der Waals surface area contributed by atoms with Crippen LogP contribution in [0.25, 0.3) is 0 Å². The molecular weight excluding hydrogens is 415 g/mol. The standard InChI is InChI=1S/C18H28N4O.HI/c1-13(2)10-19-18(21-12-17(23)22(5)6)20-11-16-8-7-14(3)9-15(16)4;/h7-9H,1,10-12H2,2-6H3,(H2,19,20,21);1H.